The van der Waals surface area contributed by atoms with Crippen molar-refractivity contribution in [2.75, 3.05) is 0 Å². The van der Waals surface area contributed by atoms with Crippen LogP contribution in [0.5, 0.6) is 0 Å². The van der Waals surface area contributed by atoms with Crippen LogP contribution in [-0.4, -0.2) is 24.4 Å². The van der Waals surface area contributed by atoms with E-state index in [1.807, 2.05) is 18.6 Å². The van der Waals surface area contributed by atoms with E-state index in [0.717, 1.165) is 4.47 Å². The largest absolute Gasteiger partial charge is 0.408 e. The third-order valence-electron chi connectivity index (χ3n) is 4.32. The molecule has 144 valence electrons. The van der Waals surface area contributed by atoms with E-state index in [0.29, 0.717) is 30.3 Å². The summed E-state index contributed by atoms with van der Waals surface area (Å²) in [6, 6.07) is 2.75. The van der Waals surface area contributed by atoms with E-state index in [-0.39, 0.29) is 11.5 Å². The van der Waals surface area contributed by atoms with Gasteiger partial charge in [0.15, 0.2) is 0 Å². The molecule has 0 amide bonds. The number of hydrogen-bond donors (Lipinski definition) is 1. The molecule has 0 aliphatic heterocycles. The Balaban J connectivity index is 2.13. The number of aromatic nitrogens is 1. The fourth-order valence-electron chi connectivity index (χ4n) is 3.01. The Morgan fingerprint density at radius 2 is 1.96 bits per heavy atom. The molecule has 1 atom stereocenters. The Morgan fingerprint density at radius 3 is 2.50 bits per heavy atom. The van der Waals surface area contributed by atoms with Crippen LogP contribution in [0.4, 0.5) is 13.2 Å². The average Bonchev–Trinajstić information content (AvgIpc) is 3.29. The van der Waals surface area contributed by atoms with Crippen LogP contribution >= 0.6 is 15.9 Å². The third-order valence-corrected chi connectivity index (χ3v) is 6.73. The fraction of sp³-hybridized carbons (Fsp3) is 0.529. The Morgan fingerprint density at radius 1 is 1.31 bits per heavy atom. The Hall–Kier alpha value is -1.06. The topological polar surface area (TPSA) is 51.1 Å². The van der Waals surface area contributed by atoms with E-state index in [1.54, 1.807) is 22.8 Å². The summed E-state index contributed by atoms with van der Waals surface area (Å²) in [5.74, 6) is 0.227. The number of fused-ring (bicyclic) bond motifs is 1. The van der Waals surface area contributed by atoms with Gasteiger partial charge in [0.1, 0.15) is 6.04 Å². The molecule has 0 radical (unpaired) electrons. The van der Waals surface area contributed by atoms with Crippen molar-refractivity contribution in [2.45, 2.75) is 50.7 Å². The van der Waals surface area contributed by atoms with Crippen LogP contribution in [0, 0.1) is 5.92 Å². The molecule has 1 heterocycles. The van der Waals surface area contributed by atoms with Crippen molar-refractivity contribution in [3.8, 4) is 0 Å². The first-order chi connectivity index (χ1) is 12.0. The summed E-state index contributed by atoms with van der Waals surface area (Å²) in [6.45, 7) is 4.48. The van der Waals surface area contributed by atoms with E-state index in [2.05, 4.69) is 15.9 Å². The van der Waals surface area contributed by atoms with Crippen LogP contribution < -0.4 is 4.72 Å². The lowest BCUT2D eigenvalue weighted by Crippen LogP contribution is -2.39. The second-order valence-electron chi connectivity index (χ2n) is 7.13. The van der Waals surface area contributed by atoms with Crippen molar-refractivity contribution in [1.82, 2.24) is 9.29 Å². The molecule has 1 saturated carbocycles. The Bertz CT molecular complexity index is 918. The predicted octanol–water partition coefficient (Wildman–Crippen LogP) is 4.75. The predicted molar refractivity (Wildman–Crippen MR) is 98.3 cm³/mol. The van der Waals surface area contributed by atoms with Crippen molar-refractivity contribution >= 4 is 36.9 Å². The van der Waals surface area contributed by atoms with E-state index in [9.17, 15) is 21.6 Å². The summed E-state index contributed by atoms with van der Waals surface area (Å²) >= 11 is 3.35. The average molecular weight is 453 g/mol. The molecule has 0 unspecified atom stereocenters. The number of benzene rings is 1. The van der Waals surface area contributed by atoms with Crippen LogP contribution in [0.2, 0.25) is 0 Å². The number of alkyl halides is 3. The molecule has 1 aliphatic carbocycles. The molecular formula is C17H20BrF3N2O2S. The fourth-order valence-corrected chi connectivity index (χ4v) is 4.90. The van der Waals surface area contributed by atoms with Gasteiger partial charge in [-0.2, -0.15) is 17.9 Å². The number of halogens is 4. The maximum absolute atomic E-state index is 13.8. The highest BCUT2D eigenvalue weighted by molar-refractivity contribution is 9.10. The summed E-state index contributed by atoms with van der Waals surface area (Å²) < 4.78 is 70.0. The Kier molecular flexibility index (Phi) is 5.18. The first-order valence-electron chi connectivity index (χ1n) is 8.35. The van der Waals surface area contributed by atoms with Gasteiger partial charge in [-0.25, -0.2) is 8.42 Å². The van der Waals surface area contributed by atoms with E-state index >= 15 is 0 Å². The second-order valence-corrected chi connectivity index (χ2v) is 10.0. The lowest BCUT2D eigenvalue weighted by Gasteiger charge is -2.21. The van der Waals surface area contributed by atoms with Crippen LogP contribution in [0.1, 0.15) is 38.3 Å². The van der Waals surface area contributed by atoms with E-state index in [4.69, 9.17) is 0 Å². The zero-order valence-electron chi connectivity index (χ0n) is 14.3. The van der Waals surface area contributed by atoms with Crippen molar-refractivity contribution in [3.63, 3.8) is 0 Å². The highest BCUT2D eigenvalue weighted by atomic mass is 79.9. The van der Waals surface area contributed by atoms with Gasteiger partial charge >= 0.3 is 6.18 Å². The van der Waals surface area contributed by atoms with Gasteiger partial charge in [-0.1, -0.05) is 35.8 Å². The third kappa shape index (κ3) is 4.09. The van der Waals surface area contributed by atoms with Gasteiger partial charge in [-0.15, -0.1) is 0 Å². The summed E-state index contributed by atoms with van der Waals surface area (Å²) in [6.07, 6.45) is -2.50. The van der Waals surface area contributed by atoms with Gasteiger partial charge in [0, 0.05) is 33.7 Å². The molecule has 1 aliphatic rings. The van der Waals surface area contributed by atoms with Crippen molar-refractivity contribution in [2.24, 2.45) is 5.92 Å². The highest BCUT2D eigenvalue weighted by Crippen LogP contribution is 2.40. The molecule has 2 aromatic rings. The molecule has 1 fully saturated rings. The summed E-state index contributed by atoms with van der Waals surface area (Å²) in [5, 5.41) is -0.319. The molecule has 0 spiro atoms. The summed E-state index contributed by atoms with van der Waals surface area (Å²) in [7, 11) is -4.00. The molecule has 3 rings (SSSR count). The van der Waals surface area contributed by atoms with E-state index in [1.165, 1.54) is 6.20 Å². The maximum Gasteiger partial charge on any atom is 0.408 e. The lowest BCUT2D eigenvalue weighted by molar-refractivity contribution is -0.152. The minimum atomic E-state index is -4.73. The van der Waals surface area contributed by atoms with Crippen molar-refractivity contribution < 1.29 is 21.6 Å². The van der Waals surface area contributed by atoms with Crippen LogP contribution in [-0.2, 0) is 16.6 Å². The molecule has 26 heavy (non-hydrogen) atoms. The van der Waals surface area contributed by atoms with Gasteiger partial charge in [0.2, 0.25) is 10.0 Å². The van der Waals surface area contributed by atoms with Crippen molar-refractivity contribution in [1.29, 1.82) is 0 Å². The lowest BCUT2D eigenvalue weighted by atomic mass is 10.1. The minimum absolute atomic E-state index is 0.0649. The van der Waals surface area contributed by atoms with Crippen LogP contribution in [0.25, 0.3) is 10.9 Å². The summed E-state index contributed by atoms with van der Waals surface area (Å²) in [5.41, 5.74) is 0.577. The molecule has 0 saturated heterocycles. The highest BCUT2D eigenvalue weighted by Gasteiger charge is 2.47. The van der Waals surface area contributed by atoms with Crippen LogP contribution in [0.15, 0.2) is 28.9 Å². The number of hydrogen-bond acceptors (Lipinski definition) is 2. The molecule has 1 aromatic heterocycles. The normalized spacial score (nSPS) is 17.2. The SMILES string of the molecule is CC(C)Cn1cc([C@H](NS(=O)(=O)C2CC2)C(F)(F)F)c2ccc(Br)cc21. The second kappa shape index (κ2) is 6.83. The minimum Gasteiger partial charge on any atom is -0.347 e. The number of nitrogens with one attached hydrogen (secondary N) is 1. The first-order valence-corrected chi connectivity index (χ1v) is 10.7. The number of nitrogens with zero attached hydrogens (tertiary/aromatic N) is 1. The zero-order valence-corrected chi connectivity index (χ0v) is 16.7. The molecule has 0 bridgehead atoms. The van der Waals surface area contributed by atoms with Gasteiger partial charge in [0.05, 0.1) is 5.25 Å². The van der Waals surface area contributed by atoms with E-state index < -0.39 is 27.5 Å². The quantitative estimate of drug-likeness (QED) is 0.687. The standard InChI is InChI=1S/C17H20BrF3N2O2S/c1-10(2)8-23-9-14(13-6-3-11(18)7-15(13)23)16(17(19,20)21)22-26(24,25)12-4-5-12/h3,6-7,9-10,12,16,22H,4-5,8H2,1-2H3/t16-/m0/s1. The number of sulfonamides is 1. The van der Waals surface area contributed by atoms with Gasteiger partial charge in [0.25, 0.3) is 0 Å². The van der Waals surface area contributed by atoms with Crippen LogP contribution in [0.3, 0.4) is 0 Å². The molecule has 4 nitrogen and oxygen atoms in total. The smallest absolute Gasteiger partial charge is 0.347 e. The summed E-state index contributed by atoms with van der Waals surface area (Å²) in [4.78, 5) is 0. The van der Waals surface area contributed by atoms with Crippen molar-refractivity contribution in [3.05, 3.63) is 34.4 Å². The molecular weight excluding hydrogens is 433 g/mol. The monoisotopic (exact) mass is 452 g/mol. The maximum atomic E-state index is 13.8. The first kappa shape index (κ1) is 19.7. The zero-order chi connectivity index (χ0) is 19.3. The van der Waals surface area contributed by atoms with Gasteiger partial charge in [-0.05, 0) is 30.9 Å². The molecule has 1 N–H and O–H groups in total. The number of rotatable bonds is 6. The van der Waals surface area contributed by atoms with Gasteiger partial charge in [-0.3, -0.25) is 0 Å². The Labute approximate surface area is 158 Å². The molecule has 1 aromatic carbocycles. The van der Waals surface area contributed by atoms with Gasteiger partial charge < -0.3 is 4.57 Å². The molecule has 9 heteroatoms.